The molecule has 1 heterocycles. The predicted molar refractivity (Wildman–Crippen MR) is 151 cm³/mol. The third kappa shape index (κ3) is 6.39. The molecule has 1 aliphatic heterocycles. The number of benzene rings is 3. The van der Waals surface area contributed by atoms with Crippen LogP contribution in [-0.2, 0) is 14.3 Å². The molecule has 0 atom stereocenters. The van der Waals surface area contributed by atoms with Crippen LogP contribution in [-0.4, -0.2) is 37.1 Å². The van der Waals surface area contributed by atoms with E-state index in [9.17, 15) is 14.4 Å². The molecular weight excluding hydrogens is 480 g/mol. The first-order valence-electron chi connectivity index (χ1n) is 12.4. The molecule has 0 fully saturated rings. The van der Waals surface area contributed by atoms with E-state index >= 15 is 0 Å². The third-order valence-electron chi connectivity index (χ3n) is 5.89. The average Bonchev–Trinajstić information content (AvgIpc) is 3.22. The molecule has 1 aliphatic rings. The van der Waals surface area contributed by atoms with Crippen molar-refractivity contribution in [2.24, 2.45) is 0 Å². The molecule has 0 saturated heterocycles. The Morgan fingerprint density at radius 3 is 2.26 bits per heavy atom. The minimum atomic E-state index is -0.595. The van der Waals surface area contributed by atoms with Gasteiger partial charge < -0.3 is 25.6 Å². The second kappa shape index (κ2) is 11.2. The predicted octanol–water partition coefficient (Wildman–Crippen LogP) is 5.50. The van der Waals surface area contributed by atoms with Gasteiger partial charge in [0.25, 0.3) is 5.91 Å². The van der Waals surface area contributed by atoms with Crippen molar-refractivity contribution >= 4 is 46.2 Å². The number of para-hydroxylation sites is 1. The maximum atomic E-state index is 13.0. The van der Waals surface area contributed by atoms with E-state index in [1.54, 1.807) is 27.8 Å². The number of nitrogens with zero attached hydrogens (tertiary/aromatic N) is 1. The molecule has 0 saturated carbocycles. The van der Waals surface area contributed by atoms with E-state index in [2.05, 4.69) is 16.0 Å². The molecule has 3 amide bonds. The maximum absolute atomic E-state index is 13.0. The van der Waals surface area contributed by atoms with Crippen molar-refractivity contribution in [3.05, 3.63) is 90.0 Å². The zero-order chi connectivity index (χ0) is 27.3. The molecular formula is C30H32N4O4. The van der Waals surface area contributed by atoms with Crippen molar-refractivity contribution < 1.29 is 19.1 Å². The van der Waals surface area contributed by atoms with E-state index in [1.807, 2.05) is 78.9 Å². The number of alkyl carbamates (subject to hydrolysis) is 1. The van der Waals surface area contributed by atoms with Crippen LogP contribution in [0.15, 0.2) is 78.9 Å². The van der Waals surface area contributed by atoms with Crippen molar-refractivity contribution in [3.63, 3.8) is 0 Å². The Morgan fingerprint density at radius 2 is 1.58 bits per heavy atom. The normalized spacial score (nSPS) is 13.7. The molecule has 38 heavy (non-hydrogen) atoms. The lowest BCUT2D eigenvalue weighted by Gasteiger charge is -2.21. The molecule has 0 aromatic heterocycles. The molecule has 0 spiro atoms. The van der Waals surface area contributed by atoms with E-state index in [-0.39, 0.29) is 24.8 Å². The van der Waals surface area contributed by atoms with Gasteiger partial charge in [0.15, 0.2) is 0 Å². The molecule has 8 heteroatoms. The highest BCUT2D eigenvalue weighted by Gasteiger charge is 2.28. The number of anilines is 3. The van der Waals surface area contributed by atoms with Gasteiger partial charge in [0.2, 0.25) is 5.91 Å². The topological polar surface area (TPSA) is 99.8 Å². The first-order valence-corrected chi connectivity index (χ1v) is 12.4. The monoisotopic (exact) mass is 512 g/mol. The standard InChI is InChI=1S/C30H32N4O4/c1-30(2,3)38-29(37)31-19-18-25(35)34(4)22-16-14-21(15-17-22)32-27(20-10-6-5-7-11-20)26-23-12-8-9-13-24(23)33-28(26)36/h5-17,32H,18-19H2,1-4H3,(H,31,37)(H,33,36)/b27-26-. The van der Waals surface area contributed by atoms with Crippen LogP contribution >= 0.6 is 0 Å². The van der Waals surface area contributed by atoms with Gasteiger partial charge in [-0.1, -0.05) is 48.5 Å². The van der Waals surface area contributed by atoms with Crippen LogP contribution in [0.3, 0.4) is 0 Å². The molecule has 3 N–H and O–H groups in total. The Balaban J connectivity index is 1.48. The summed E-state index contributed by atoms with van der Waals surface area (Å²) in [4.78, 5) is 39.0. The van der Waals surface area contributed by atoms with Crippen molar-refractivity contribution in [1.82, 2.24) is 5.32 Å². The second-order valence-corrected chi connectivity index (χ2v) is 9.92. The maximum Gasteiger partial charge on any atom is 0.407 e. The van der Waals surface area contributed by atoms with Gasteiger partial charge in [0.05, 0.1) is 11.3 Å². The highest BCUT2D eigenvalue weighted by atomic mass is 16.6. The van der Waals surface area contributed by atoms with Crippen LogP contribution in [0.1, 0.15) is 38.3 Å². The van der Waals surface area contributed by atoms with Crippen molar-refractivity contribution in [3.8, 4) is 0 Å². The molecule has 196 valence electrons. The minimum absolute atomic E-state index is 0.133. The Hall–Kier alpha value is -4.59. The zero-order valence-corrected chi connectivity index (χ0v) is 22.0. The average molecular weight is 513 g/mol. The van der Waals surface area contributed by atoms with Gasteiger partial charge in [-0.3, -0.25) is 9.59 Å². The molecule has 3 aromatic rings. The molecule has 0 unspecified atom stereocenters. The molecule has 4 rings (SSSR count). The fourth-order valence-corrected chi connectivity index (χ4v) is 4.06. The zero-order valence-electron chi connectivity index (χ0n) is 22.0. The SMILES string of the molecule is CN(C(=O)CCNC(=O)OC(C)(C)C)c1ccc(N/C(=C2\C(=O)Nc3ccccc32)c2ccccc2)cc1. The summed E-state index contributed by atoms with van der Waals surface area (Å²) in [6.45, 7) is 5.52. The first kappa shape index (κ1) is 26.5. The van der Waals surface area contributed by atoms with Crippen LogP contribution in [0.2, 0.25) is 0 Å². The van der Waals surface area contributed by atoms with Crippen LogP contribution < -0.4 is 20.9 Å². The summed E-state index contributed by atoms with van der Waals surface area (Å²) in [6.07, 6.45) is -0.417. The Labute approximate surface area is 222 Å². The largest absolute Gasteiger partial charge is 0.444 e. The van der Waals surface area contributed by atoms with Crippen LogP contribution in [0.4, 0.5) is 21.9 Å². The van der Waals surface area contributed by atoms with Crippen molar-refractivity contribution in [1.29, 1.82) is 0 Å². The number of hydrogen-bond acceptors (Lipinski definition) is 5. The summed E-state index contributed by atoms with van der Waals surface area (Å²) in [5.41, 5.74) is 4.63. The number of fused-ring (bicyclic) bond motifs is 1. The van der Waals surface area contributed by atoms with E-state index in [0.717, 1.165) is 22.5 Å². The molecule has 3 aromatic carbocycles. The molecule has 0 bridgehead atoms. The lowest BCUT2D eigenvalue weighted by Crippen LogP contribution is -2.35. The number of carbonyl (C=O) groups excluding carboxylic acids is 3. The van der Waals surface area contributed by atoms with Crippen LogP contribution in [0.25, 0.3) is 11.3 Å². The molecule has 8 nitrogen and oxygen atoms in total. The number of carbonyl (C=O) groups is 3. The Bertz CT molecular complexity index is 1360. The second-order valence-electron chi connectivity index (χ2n) is 9.92. The quantitative estimate of drug-likeness (QED) is 0.363. The van der Waals surface area contributed by atoms with Crippen LogP contribution in [0, 0.1) is 0 Å². The Morgan fingerprint density at radius 1 is 0.921 bits per heavy atom. The van der Waals surface area contributed by atoms with Gasteiger partial charge in [0.1, 0.15) is 5.60 Å². The smallest absolute Gasteiger partial charge is 0.407 e. The van der Waals surface area contributed by atoms with Gasteiger partial charge in [-0.05, 0) is 56.7 Å². The first-order chi connectivity index (χ1) is 18.1. The molecule has 0 radical (unpaired) electrons. The van der Waals surface area contributed by atoms with E-state index in [1.165, 1.54) is 4.90 Å². The van der Waals surface area contributed by atoms with E-state index < -0.39 is 11.7 Å². The van der Waals surface area contributed by atoms with Gasteiger partial charge in [-0.15, -0.1) is 0 Å². The fourth-order valence-electron chi connectivity index (χ4n) is 4.06. The highest BCUT2D eigenvalue weighted by Crippen LogP contribution is 2.37. The summed E-state index contributed by atoms with van der Waals surface area (Å²) in [5, 5.41) is 8.97. The minimum Gasteiger partial charge on any atom is -0.444 e. The number of nitrogens with one attached hydrogen (secondary N) is 3. The Kier molecular flexibility index (Phi) is 7.81. The lowest BCUT2D eigenvalue weighted by atomic mass is 10.00. The number of amides is 3. The number of rotatable bonds is 7. The van der Waals surface area contributed by atoms with Crippen LogP contribution in [0.5, 0.6) is 0 Å². The summed E-state index contributed by atoms with van der Waals surface area (Å²) in [5.74, 6) is -0.312. The fraction of sp³-hybridized carbons (Fsp3) is 0.233. The molecule has 0 aliphatic carbocycles. The van der Waals surface area contributed by atoms with E-state index in [4.69, 9.17) is 4.74 Å². The van der Waals surface area contributed by atoms with Crippen molar-refractivity contribution in [2.45, 2.75) is 32.8 Å². The van der Waals surface area contributed by atoms with Gasteiger partial charge in [-0.25, -0.2) is 4.79 Å². The number of hydrogen-bond donors (Lipinski definition) is 3. The highest BCUT2D eigenvalue weighted by molar-refractivity contribution is 6.37. The summed E-state index contributed by atoms with van der Waals surface area (Å²) >= 11 is 0. The lowest BCUT2D eigenvalue weighted by molar-refractivity contribution is -0.118. The number of ether oxygens (including phenoxy) is 1. The van der Waals surface area contributed by atoms with Gasteiger partial charge in [-0.2, -0.15) is 0 Å². The third-order valence-corrected chi connectivity index (χ3v) is 5.89. The van der Waals surface area contributed by atoms with E-state index in [0.29, 0.717) is 17.0 Å². The van der Waals surface area contributed by atoms with Crippen molar-refractivity contribution in [2.75, 3.05) is 29.1 Å². The summed E-state index contributed by atoms with van der Waals surface area (Å²) in [7, 11) is 1.69. The summed E-state index contributed by atoms with van der Waals surface area (Å²) < 4.78 is 5.19. The van der Waals surface area contributed by atoms with Gasteiger partial charge in [0, 0.05) is 42.6 Å². The summed E-state index contributed by atoms with van der Waals surface area (Å²) in [6, 6.07) is 24.7. The van der Waals surface area contributed by atoms with Gasteiger partial charge >= 0.3 is 6.09 Å².